The van der Waals surface area contributed by atoms with Crippen LogP contribution in [0.3, 0.4) is 0 Å². The van der Waals surface area contributed by atoms with Crippen LogP contribution >= 0.6 is 11.8 Å². The van der Waals surface area contributed by atoms with Crippen molar-refractivity contribution in [2.45, 2.75) is 37.9 Å². The molecule has 0 spiro atoms. The molecule has 178 valence electrons. The summed E-state index contributed by atoms with van der Waals surface area (Å²) in [6.07, 6.45) is 0. The molecule has 1 N–H and O–H groups in total. The van der Waals surface area contributed by atoms with Crippen LogP contribution in [0.15, 0.2) is 82.4 Å². The van der Waals surface area contributed by atoms with E-state index in [1.807, 2.05) is 62.4 Å². The van der Waals surface area contributed by atoms with Gasteiger partial charge in [-0.15, -0.1) is 10.2 Å². The maximum absolute atomic E-state index is 13.3. The van der Waals surface area contributed by atoms with E-state index < -0.39 is 5.25 Å². The van der Waals surface area contributed by atoms with Gasteiger partial charge >= 0.3 is 0 Å². The summed E-state index contributed by atoms with van der Waals surface area (Å²) in [5.41, 5.74) is 3.95. The topological polar surface area (TPSA) is 94.3 Å². The van der Waals surface area contributed by atoms with Gasteiger partial charge < -0.3 is 14.5 Å². The molecule has 0 aliphatic heterocycles. The van der Waals surface area contributed by atoms with E-state index in [-0.39, 0.29) is 23.5 Å². The van der Waals surface area contributed by atoms with Crippen molar-refractivity contribution >= 4 is 29.1 Å². The molecule has 4 rings (SSSR count). The molecule has 3 aromatic carbocycles. The van der Waals surface area contributed by atoms with Crippen molar-refractivity contribution in [2.75, 3.05) is 5.32 Å². The van der Waals surface area contributed by atoms with Crippen LogP contribution in [-0.4, -0.2) is 21.9 Å². The summed E-state index contributed by atoms with van der Waals surface area (Å²) >= 11 is 1.15. The molecule has 0 saturated heterocycles. The van der Waals surface area contributed by atoms with E-state index in [2.05, 4.69) is 15.5 Å². The monoisotopic (exact) mass is 487 g/mol. The van der Waals surface area contributed by atoms with E-state index in [0.717, 1.165) is 34.2 Å². The van der Waals surface area contributed by atoms with E-state index in [0.29, 0.717) is 17.1 Å². The van der Waals surface area contributed by atoms with Crippen molar-refractivity contribution in [2.24, 2.45) is 0 Å². The van der Waals surface area contributed by atoms with E-state index in [1.54, 1.807) is 24.3 Å². The fourth-order valence-corrected chi connectivity index (χ4v) is 4.26. The number of benzene rings is 3. The van der Waals surface area contributed by atoms with Crippen LogP contribution in [0.25, 0.3) is 0 Å². The van der Waals surface area contributed by atoms with Gasteiger partial charge in [0.25, 0.3) is 11.1 Å². The van der Waals surface area contributed by atoms with Crippen molar-refractivity contribution in [3.8, 4) is 5.75 Å². The van der Waals surface area contributed by atoms with Gasteiger partial charge in [0, 0.05) is 11.3 Å². The van der Waals surface area contributed by atoms with E-state index >= 15 is 0 Å². The number of hydrogen-bond donors (Lipinski definition) is 1. The van der Waals surface area contributed by atoms with Gasteiger partial charge in [0.15, 0.2) is 12.4 Å². The second kappa shape index (κ2) is 11.0. The Morgan fingerprint density at radius 1 is 1.00 bits per heavy atom. The summed E-state index contributed by atoms with van der Waals surface area (Å²) in [7, 11) is 0. The molecule has 8 heteroatoms. The zero-order valence-corrected chi connectivity index (χ0v) is 20.5. The van der Waals surface area contributed by atoms with Crippen LogP contribution in [-0.2, 0) is 11.4 Å². The molecule has 0 radical (unpaired) electrons. The average Bonchev–Trinajstić information content (AvgIpc) is 3.31. The number of Topliss-reactive ketones (excluding diaryl/α,β-unsaturated/α-hetero) is 1. The summed E-state index contributed by atoms with van der Waals surface area (Å²) in [6, 6.07) is 22.2. The number of nitrogens with one attached hydrogen (secondary N) is 1. The van der Waals surface area contributed by atoms with Crippen LogP contribution in [0.5, 0.6) is 5.75 Å². The Kier molecular flexibility index (Phi) is 7.62. The van der Waals surface area contributed by atoms with Crippen LogP contribution < -0.4 is 10.1 Å². The lowest BCUT2D eigenvalue weighted by atomic mass is 10.1. The standard InChI is InChI=1S/C27H25N3O4S/c1-17-12-13-18(2)23(14-17)33-16-24-29-30-27(34-24)35-25(20-8-5-4-6-9-20)26(32)28-22-11-7-10-21(15-22)19(3)31/h4-15,25H,16H2,1-3H3,(H,28,32). The number of nitrogens with zero attached hydrogens (tertiary/aromatic N) is 2. The van der Waals surface area contributed by atoms with Gasteiger partial charge in [0.1, 0.15) is 11.0 Å². The molecule has 1 aromatic heterocycles. The van der Waals surface area contributed by atoms with Crippen molar-refractivity contribution in [3.05, 3.63) is 101 Å². The summed E-state index contributed by atoms with van der Waals surface area (Å²) in [6.45, 7) is 5.58. The van der Waals surface area contributed by atoms with Gasteiger partial charge in [0.2, 0.25) is 5.91 Å². The first-order chi connectivity index (χ1) is 16.9. The molecule has 1 atom stereocenters. The number of carbonyl (C=O) groups is 2. The van der Waals surface area contributed by atoms with Crippen molar-refractivity contribution in [1.29, 1.82) is 0 Å². The first-order valence-corrected chi connectivity index (χ1v) is 11.9. The number of hydrogen-bond acceptors (Lipinski definition) is 7. The zero-order valence-electron chi connectivity index (χ0n) is 19.6. The highest BCUT2D eigenvalue weighted by atomic mass is 32.2. The summed E-state index contributed by atoms with van der Waals surface area (Å²) in [5.74, 6) is 0.728. The number of thioether (sulfide) groups is 1. The maximum Gasteiger partial charge on any atom is 0.277 e. The largest absolute Gasteiger partial charge is 0.484 e. The molecule has 0 saturated carbocycles. The minimum Gasteiger partial charge on any atom is -0.484 e. The van der Waals surface area contributed by atoms with Gasteiger partial charge in [-0.2, -0.15) is 0 Å². The van der Waals surface area contributed by atoms with Gasteiger partial charge in [-0.25, -0.2) is 0 Å². The van der Waals surface area contributed by atoms with Gasteiger partial charge in [0.05, 0.1) is 0 Å². The predicted molar refractivity (Wildman–Crippen MR) is 135 cm³/mol. The van der Waals surface area contributed by atoms with Crippen molar-refractivity contribution in [3.63, 3.8) is 0 Å². The second-order valence-electron chi connectivity index (χ2n) is 8.05. The summed E-state index contributed by atoms with van der Waals surface area (Å²) < 4.78 is 11.6. The third-order valence-electron chi connectivity index (χ3n) is 5.24. The molecule has 7 nitrogen and oxygen atoms in total. The van der Waals surface area contributed by atoms with Gasteiger partial charge in [-0.3, -0.25) is 9.59 Å². The minimum absolute atomic E-state index is 0.0726. The lowest BCUT2D eigenvalue weighted by Crippen LogP contribution is -2.19. The molecule has 0 bridgehead atoms. The van der Waals surface area contributed by atoms with E-state index in [1.165, 1.54) is 6.92 Å². The summed E-state index contributed by atoms with van der Waals surface area (Å²) in [4.78, 5) is 25.0. The van der Waals surface area contributed by atoms with Crippen LogP contribution in [0.1, 0.15) is 45.1 Å². The number of aromatic nitrogens is 2. The third kappa shape index (κ3) is 6.36. The molecule has 4 aromatic rings. The molecular formula is C27H25N3O4S. The number of aryl methyl sites for hydroxylation is 2. The normalized spacial score (nSPS) is 11.6. The highest BCUT2D eigenvalue weighted by Gasteiger charge is 2.25. The number of anilines is 1. The number of carbonyl (C=O) groups excluding carboxylic acids is 2. The Morgan fingerprint density at radius 2 is 1.80 bits per heavy atom. The molecule has 35 heavy (non-hydrogen) atoms. The molecule has 1 heterocycles. The zero-order chi connectivity index (χ0) is 24.8. The fourth-order valence-electron chi connectivity index (χ4n) is 3.37. The SMILES string of the molecule is CC(=O)c1cccc(NC(=O)C(Sc2nnc(COc3cc(C)ccc3C)o2)c2ccccc2)c1. The molecule has 0 aliphatic rings. The van der Waals surface area contributed by atoms with Crippen molar-refractivity contribution in [1.82, 2.24) is 10.2 Å². The smallest absolute Gasteiger partial charge is 0.277 e. The van der Waals surface area contributed by atoms with E-state index in [4.69, 9.17) is 9.15 Å². The number of rotatable bonds is 9. The Balaban J connectivity index is 1.49. The Labute approximate surface area is 207 Å². The van der Waals surface area contributed by atoms with Crippen LogP contribution in [0, 0.1) is 13.8 Å². The number of ether oxygens (including phenoxy) is 1. The number of ketones is 1. The Morgan fingerprint density at radius 3 is 2.57 bits per heavy atom. The predicted octanol–water partition coefficient (Wildman–Crippen LogP) is 5.94. The average molecular weight is 488 g/mol. The molecular weight excluding hydrogens is 462 g/mol. The third-order valence-corrected chi connectivity index (χ3v) is 6.33. The second-order valence-corrected chi connectivity index (χ2v) is 9.11. The lowest BCUT2D eigenvalue weighted by Gasteiger charge is -2.15. The van der Waals surface area contributed by atoms with Gasteiger partial charge in [-0.05, 0) is 67.4 Å². The quantitative estimate of drug-likeness (QED) is 0.231. The lowest BCUT2D eigenvalue weighted by molar-refractivity contribution is -0.115. The summed E-state index contributed by atoms with van der Waals surface area (Å²) in [5, 5.41) is 10.7. The molecule has 0 aliphatic carbocycles. The Bertz CT molecular complexity index is 1340. The maximum atomic E-state index is 13.3. The van der Waals surface area contributed by atoms with Crippen molar-refractivity contribution < 1.29 is 18.7 Å². The highest BCUT2D eigenvalue weighted by molar-refractivity contribution is 8.00. The molecule has 0 fully saturated rings. The van der Waals surface area contributed by atoms with Crippen LogP contribution in [0.2, 0.25) is 0 Å². The molecule has 1 amide bonds. The Hall–Kier alpha value is -3.91. The van der Waals surface area contributed by atoms with Crippen LogP contribution in [0.4, 0.5) is 5.69 Å². The first-order valence-electron chi connectivity index (χ1n) is 11.0. The fraction of sp³-hybridized carbons (Fsp3) is 0.185. The van der Waals surface area contributed by atoms with Gasteiger partial charge in [-0.1, -0.05) is 54.6 Å². The highest BCUT2D eigenvalue weighted by Crippen LogP contribution is 2.35. The minimum atomic E-state index is -0.648. The van der Waals surface area contributed by atoms with E-state index in [9.17, 15) is 9.59 Å². The number of amides is 1. The first kappa shape index (κ1) is 24.2. The molecule has 1 unspecified atom stereocenters.